The molecule has 1 aliphatic carbocycles. The molecule has 1 heterocycles. The number of thiophene rings is 1. The van der Waals surface area contributed by atoms with Crippen molar-refractivity contribution >= 4 is 68.4 Å². The number of hydrogen-bond donors (Lipinski definition) is 3. The lowest BCUT2D eigenvalue weighted by atomic mass is 9.89. The van der Waals surface area contributed by atoms with Gasteiger partial charge >= 0.3 is 0 Å². The molecule has 3 N–H and O–H groups in total. The standard InChI is InChI=1S/C39H34N4O3S2/c1-24-18-19-32-33(23-40)39(48-35(32)20-24)43-36(44)25(2)47-30-16-9-15-29(22-30)41-38(46)34(42-37(45)27-11-4-3-5-12-27)21-28-14-8-13-26-10-6-7-17-31(26)28/h3-17,21-22,24-25H,18-20H2,1-2H3,(H,41,46)(H,42,45)(H,43,44)/b34-21+. The number of nitrogens with one attached hydrogen (secondary N) is 3. The Bertz CT molecular complexity index is 2080. The fraction of sp³-hybridized carbons (Fsp3) is 0.179. The minimum absolute atomic E-state index is 0.0901. The molecule has 1 aliphatic rings. The molecule has 0 aliphatic heterocycles. The zero-order valence-corrected chi connectivity index (χ0v) is 28.2. The smallest absolute Gasteiger partial charge is 0.272 e. The first kappa shape index (κ1) is 32.8. The molecule has 9 heteroatoms. The van der Waals surface area contributed by atoms with Crippen LogP contribution in [-0.4, -0.2) is 23.0 Å². The van der Waals surface area contributed by atoms with Crippen molar-refractivity contribution in [1.82, 2.24) is 5.32 Å². The summed E-state index contributed by atoms with van der Waals surface area (Å²) in [6.45, 7) is 4.03. The molecule has 4 aromatic carbocycles. The number of thioether (sulfide) groups is 1. The lowest BCUT2D eigenvalue weighted by Gasteiger charge is -2.17. The van der Waals surface area contributed by atoms with E-state index in [0.717, 1.165) is 46.1 Å². The molecule has 0 saturated heterocycles. The topological polar surface area (TPSA) is 111 Å². The number of fused-ring (bicyclic) bond motifs is 2. The second-order valence-corrected chi connectivity index (χ2v) is 14.4. The number of anilines is 2. The van der Waals surface area contributed by atoms with E-state index >= 15 is 0 Å². The molecule has 0 radical (unpaired) electrons. The summed E-state index contributed by atoms with van der Waals surface area (Å²) in [6, 6.07) is 32.0. The van der Waals surface area contributed by atoms with E-state index in [-0.39, 0.29) is 11.6 Å². The van der Waals surface area contributed by atoms with Crippen molar-refractivity contribution in [3.05, 3.63) is 130 Å². The zero-order chi connectivity index (χ0) is 33.6. The van der Waals surface area contributed by atoms with E-state index < -0.39 is 17.1 Å². The number of benzene rings is 4. The van der Waals surface area contributed by atoms with E-state index in [1.165, 1.54) is 28.0 Å². The molecule has 240 valence electrons. The Labute approximate surface area is 288 Å². The predicted molar refractivity (Wildman–Crippen MR) is 195 cm³/mol. The van der Waals surface area contributed by atoms with Crippen LogP contribution in [0.15, 0.2) is 108 Å². The van der Waals surface area contributed by atoms with Crippen molar-refractivity contribution < 1.29 is 14.4 Å². The Kier molecular flexibility index (Phi) is 10.0. The third kappa shape index (κ3) is 7.52. The normalized spacial score (nSPS) is 14.8. The molecule has 0 saturated carbocycles. The van der Waals surface area contributed by atoms with Crippen LogP contribution in [0, 0.1) is 17.2 Å². The van der Waals surface area contributed by atoms with Gasteiger partial charge in [0.1, 0.15) is 16.8 Å². The van der Waals surface area contributed by atoms with Crippen LogP contribution in [0.4, 0.5) is 10.7 Å². The maximum Gasteiger partial charge on any atom is 0.272 e. The molecule has 6 rings (SSSR count). The van der Waals surface area contributed by atoms with Crippen molar-refractivity contribution in [2.75, 3.05) is 10.6 Å². The number of hydrogen-bond acceptors (Lipinski definition) is 6. The number of rotatable bonds is 9. The van der Waals surface area contributed by atoms with Crippen molar-refractivity contribution in [2.45, 2.75) is 43.3 Å². The summed E-state index contributed by atoms with van der Waals surface area (Å²) in [5.74, 6) is -0.512. The van der Waals surface area contributed by atoms with E-state index in [2.05, 4.69) is 28.9 Å². The van der Waals surface area contributed by atoms with E-state index in [1.807, 2.05) is 67.6 Å². The molecule has 1 aromatic heterocycles. The summed E-state index contributed by atoms with van der Waals surface area (Å²) in [5.41, 5.74) is 3.49. The highest BCUT2D eigenvalue weighted by Gasteiger charge is 2.26. The number of amides is 3. The fourth-order valence-corrected chi connectivity index (χ4v) is 8.04. The zero-order valence-electron chi connectivity index (χ0n) is 26.6. The minimum Gasteiger partial charge on any atom is -0.321 e. The molecular weight excluding hydrogens is 637 g/mol. The second-order valence-electron chi connectivity index (χ2n) is 11.8. The highest BCUT2D eigenvalue weighted by Crippen LogP contribution is 2.39. The average molecular weight is 671 g/mol. The van der Waals surface area contributed by atoms with Crippen LogP contribution in [0.3, 0.4) is 0 Å². The Morgan fingerprint density at radius 3 is 2.52 bits per heavy atom. The quantitative estimate of drug-likeness (QED) is 0.108. The molecule has 7 nitrogen and oxygen atoms in total. The molecule has 5 aromatic rings. The number of nitriles is 1. The van der Waals surface area contributed by atoms with Crippen LogP contribution in [0.2, 0.25) is 0 Å². The van der Waals surface area contributed by atoms with Gasteiger partial charge in [0, 0.05) is 21.0 Å². The first-order chi connectivity index (χ1) is 23.3. The van der Waals surface area contributed by atoms with Gasteiger partial charge in [0.15, 0.2) is 0 Å². The molecule has 48 heavy (non-hydrogen) atoms. The Hall–Kier alpha value is -5.17. The van der Waals surface area contributed by atoms with Gasteiger partial charge in [-0.15, -0.1) is 23.1 Å². The van der Waals surface area contributed by atoms with Gasteiger partial charge in [0.25, 0.3) is 11.8 Å². The molecule has 2 atom stereocenters. The van der Waals surface area contributed by atoms with Crippen molar-refractivity contribution in [1.29, 1.82) is 5.26 Å². The van der Waals surface area contributed by atoms with Crippen LogP contribution in [-0.2, 0) is 22.4 Å². The van der Waals surface area contributed by atoms with Gasteiger partial charge in [-0.1, -0.05) is 73.7 Å². The monoisotopic (exact) mass is 670 g/mol. The first-order valence-corrected chi connectivity index (χ1v) is 17.5. The van der Waals surface area contributed by atoms with Gasteiger partial charge in [0.05, 0.1) is 10.8 Å². The molecule has 2 unspecified atom stereocenters. The van der Waals surface area contributed by atoms with E-state index in [4.69, 9.17) is 0 Å². The maximum absolute atomic E-state index is 13.7. The highest BCUT2D eigenvalue weighted by molar-refractivity contribution is 8.00. The second kappa shape index (κ2) is 14.7. The van der Waals surface area contributed by atoms with E-state index in [0.29, 0.717) is 27.7 Å². The Morgan fingerprint density at radius 2 is 1.71 bits per heavy atom. The van der Waals surface area contributed by atoms with Crippen LogP contribution in [0.25, 0.3) is 16.8 Å². The third-order valence-corrected chi connectivity index (χ3v) is 10.5. The number of nitrogens with zero attached hydrogens (tertiary/aromatic N) is 1. The average Bonchev–Trinajstić information content (AvgIpc) is 3.44. The summed E-state index contributed by atoms with van der Waals surface area (Å²) >= 11 is 2.87. The largest absolute Gasteiger partial charge is 0.321 e. The lowest BCUT2D eigenvalue weighted by molar-refractivity contribution is -0.115. The summed E-state index contributed by atoms with van der Waals surface area (Å²) in [4.78, 5) is 42.1. The summed E-state index contributed by atoms with van der Waals surface area (Å²) in [7, 11) is 0. The van der Waals surface area contributed by atoms with Gasteiger partial charge in [-0.3, -0.25) is 14.4 Å². The highest BCUT2D eigenvalue weighted by atomic mass is 32.2. The number of carbonyl (C=O) groups is 3. The van der Waals surface area contributed by atoms with E-state index in [9.17, 15) is 19.6 Å². The molecular formula is C39H34N4O3S2. The van der Waals surface area contributed by atoms with E-state index in [1.54, 1.807) is 42.5 Å². The van der Waals surface area contributed by atoms with Crippen LogP contribution in [0.5, 0.6) is 0 Å². The van der Waals surface area contributed by atoms with Crippen LogP contribution >= 0.6 is 23.1 Å². The minimum atomic E-state index is -0.486. The molecule has 3 amide bonds. The third-order valence-electron chi connectivity index (χ3n) is 8.29. The van der Waals surface area contributed by atoms with Crippen molar-refractivity contribution in [2.24, 2.45) is 5.92 Å². The SMILES string of the molecule is CC1CCc2c(sc(NC(=O)C(C)Sc3cccc(NC(=O)/C(=C\c4cccc5ccccc45)NC(=O)c4ccccc4)c3)c2C#N)C1. The van der Waals surface area contributed by atoms with Gasteiger partial charge in [-0.25, -0.2) is 0 Å². The molecule has 0 spiro atoms. The molecule has 0 bridgehead atoms. The maximum atomic E-state index is 13.7. The van der Waals surface area contributed by atoms with Crippen molar-refractivity contribution in [3.8, 4) is 6.07 Å². The van der Waals surface area contributed by atoms with Crippen molar-refractivity contribution in [3.63, 3.8) is 0 Å². The lowest BCUT2D eigenvalue weighted by Crippen LogP contribution is -2.30. The summed E-state index contributed by atoms with van der Waals surface area (Å²) < 4.78 is 0. The summed E-state index contributed by atoms with van der Waals surface area (Å²) in [6.07, 6.45) is 4.53. The Balaban J connectivity index is 1.19. The summed E-state index contributed by atoms with van der Waals surface area (Å²) in [5, 5.41) is 20.7. The van der Waals surface area contributed by atoms with Gasteiger partial charge in [-0.05, 0) is 90.4 Å². The van der Waals surface area contributed by atoms with Gasteiger partial charge in [0.2, 0.25) is 5.91 Å². The van der Waals surface area contributed by atoms with Gasteiger partial charge < -0.3 is 16.0 Å². The van der Waals surface area contributed by atoms with Crippen LogP contribution in [0.1, 0.15) is 52.2 Å². The fourth-order valence-electron chi connectivity index (χ4n) is 5.75. The van der Waals surface area contributed by atoms with Gasteiger partial charge in [-0.2, -0.15) is 5.26 Å². The Morgan fingerprint density at radius 1 is 0.958 bits per heavy atom. The molecule has 0 fully saturated rings. The first-order valence-electron chi connectivity index (χ1n) is 15.8. The predicted octanol–water partition coefficient (Wildman–Crippen LogP) is 8.43. The van der Waals surface area contributed by atoms with Crippen LogP contribution < -0.4 is 16.0 Å². The number of carbonyl (C=O) groups excluding carboxylic acids is 3.